The maximum absolute atomic E-state index is 12.9. The van der Waals surface area contributed by atoms with E-state index in [-0.39, 0.29) is 12.7 Å². The molecule has 3 aromatic carbocycles. The van der Waals surface area contributed by atoms with Crippen molar-refractivity contribution in [3.63, 3.8) is 0 Å². The number of ether oxygens (including phenoxy) is 1. The molecule has 0 spiro atoms. The van der Waals surface area contributed by atoms with Crippen LogP contribution in [0.1, 0.15) is 25.3 Å². The van der Waals surface area contributed by atoms with Crippen LogP contribution in [0.5, 0.6) is 0 Å². The second-order valence-corrected chi connectivity index (χ2v) is 30.9. The first-order valence-corrected chi connectivity index (χ1v) is 26.6. The molecule has 0 saturated heterocycles. The SMILES string of the molecule is CC(Cc1ccc(-c2ccccc2)cc1)OC(=O)Nc1ccc([Si](C)(C)CCCCO)c[c]1[Sn]([CH3])([CH3])[CH3]. The van der Waals surface area contributed by atoms with E-state index in [1.54, 1.807) is 0 Å². The molecule has 0 bridgehead atoms. The maximum atomic E-state index is 12.9. The van der Waals surface area contributed by atoms with Gasteiger partial charge < -0.3 is 0 Å². The molecule has 6 heteroatoms. The van der Waals surface area contributed by atoms with Gasteiger partial charge in [0.15, 0.2) is 0 Å². The Kier molecular flexibility index (Phi) is 10.4. The summed E-state index contributed by atoms with van der Waals surface area (Å²) in [5.74, 6) is 0. The van der Waals surface area contributed by atoms with Gasteiger partial charge in [0, 0.05) is 0 Å². The van der Waals surface area contributed by atoms with Crippen LogP contribution in [0.25, 0.3) is 11.1 Å². The van der Waals surface area contributed by atoms with Gasteiger partial charge in [-0.2, -0.15) is 0 Å². The molecular formula is C31H43NO3SiSn. The number of aliphatic hydroxyl groups is 1. The van der Waals surface area contributed by atoms with Crippen molar-refractivity contribution in [1.82, 2.24) is 0 Å². The zero-order valence-corrected chi connectivity index (χ0v) is 27.2. The standard InChI is InChI=1S/C28H34NO3Si.3CH3.Sn/c1-22(21-23-11-13-25(14-12-23)24-9-5-4-6-10-24)32-28(31)29-26-15-17-27(18-16-26)33(2,3)20-8-7-19-30;;;;/h4-6,9-15,17-18,22,30H,7-8,19-21H2,1-3H3,(H,29,31);3*1H3;. The molecule has 1 unspecified atom stereocenters. The van der Waals surface area contributed by atoms with E-state index in [1.165, 1.54) is 19.9 Å². The molecule has 3 rings (SSSR count). The number of amides is 1. The molecule has 1 amide bonds. The summed E-state index contributed by atoms with van der Waals surface area (Å²) in [6.07, 6.45) is 1.96. The van der Waals surface area contributed by atoms with E-state index in [0.717, 1.165) is 30.1 Å². The molecule has 3 aromatic rings. The molecule has 0 heterocycles. The topological polar surface area (TPSA) is 58.6 Å². The van der Waals surface area contributed by atoms with Crippen LogP contribution in [-0.4, -0.2) is 50.4 Å². The minimum absolute atomic E-state index is 0.235. The van der Waals surface area contributed by atoms with Crippen molar-refractivity contribution >= 4 is 47.0 Å². The van der Waals surface area contributed by atoms with E-state index in [4.69, 9.17) is 4.74 Å². The molecule has 0 fully saturated rings. The van der Waals surface area contributed by atoms with E-state index in [1.807, 2.05) is 25.1 Å². The molecule has 0 aliphatic rings. The Hall–Kier alpha value is -2.09. The van der Waals surface area contributed by atoms with Gasteiger partial charge in [-0.1, -0.05) is 30.3 Å². The molecule has 0 radical (unpaired) electrons. The summed E-state index contributed by atoms with van der Waals surface area (Å²) in [7, 11) is -1.61. The number of carbonyl (C=O) groups excluding carboxylic acids is 1. The Morgan fingerprint density at radius 1 is 0.946 bits per heavy atom. The number of hydrogen-bond acceptors (Lipinski definition) is 3. The Morgan fingerprint density at radius 2 is 1.59 bits per heavy atom. The molecule has 0 aliphatic carbocycles. The van der Waals surface area contributed by atoms with E-state index in [9.17, 15) is 9.90 Å². The van der Waals surface area contributed by atoms with Crippen LogP contribution in [0.15, 0.2) is 72.8 Å². The first kappa shape index (κ1) is 29.5. The van der Waals surface area contributed by atoms with Crippen molar-refractivity contribution in [2.75, 3.05) is 11.9 Å². The number of hydrogen-bond donors (Lipinski definition) is 2. The summed E-state index contributed by atoms with van der Waals surface area (Å²) in [5, 5.41) is 13.7. The normalized spacial score (nSPS) is 12.7. The summed E-state index contributed by atoms with van der Waals surface area (Å²) in [4.78, 5) is 20.0. The van der Waals surface area contributed by atoms with E-state index in [0.29, 0.717) is 6.42 Å². The third-order valence-corrected chi connectivity index (χ3v) is 16.2. The first-order chi connectivity index (χ1) is 17.5. The van der Waals surface area contributed by atoms with Gasteiger partial charge in [0.25, 0.3) is 0 Å². The van der Waals surface area contributed by atoms with E-state index < -0.39 is 32.5 Å². The molecule has 1 atom stereocenters. The number of benzene rings is 3. The zero-order chi connectivity index (χ0) is 27.1. The fourth-order valence-electron chi connectivity index (χ4n) is 4.68. The van der Waals surface area contributed by atoms with Crippen LogP contribution in [0, 0.1) is 0 Å². The zero-order valence-electron chi connectivity index (χ0n) is 23.3. The van der Waals surface area contributed by atoms with Gasteiger partial charge >= 0.3 is 199 Å². The third kappa shape index (κ3) is 8.72. The van der Waals surface area contributed by atoms with Gasteiger partial charge in [-0.15, -0.1) is 0 Å². The second kappa shape index (κ2) is 13.1. The fourth-order valence-corrected chi connectivity index (χ4v) is 12.0. The van der Waals surface area contributed by atoms with Crippen molar-refractivity contribution in [2.24, 2.45) is 0 Å². The monoisotopic (exact) mass is 625 g/mol. The molecule has 0 aliphatic heterocycles. The van der Waals surface area contributed by atoms with Gasteiger partial charge in [-0.25, -0.2) is 0 Å². The third-order valence-electron chi connectivity index (χ3n) is 6.95. The second-order valence-electron chi connectivity index (χ2n) is 11.7. The molecule has 4 nitrogen and oxygen atoms in total. The van der Waals surface area contributed by atoms with Gasteiger partial charge in [-0.3, -0.25) is 0 Å². The van der Waals surface area contributed by atoms with Gasteiger partial charge in [-0.05, 0) is 0 Å². The van der Waals surface area contributed by atoms with Crippen LogP contribution in [0.2, 0.25) is 34.0 Å². The van der Waals surface area contributed by atoms with Crippen molar-refractivity contribution in [2.45, 2.75) is 66.2 Å². The minimum atomic E-state index is -2.53. The summed E-state index contributed by atoms with van der Waals surface area (Å²) in [5.41, 5.74) is 4.42. The molecule has 0 aromatic heterocycles. The Labute approximate surface area is 228 Å². The van der Waals surface area contributed by atoms with E-state index >= 15 is 0 Å². The van der Waals surface area contributed by atoms with Gasteiger partial charge in [0.1, 0.15) is 0 Å². The summed E-state index contributed by atoms with van der Waals surface area (Å²) in [6.45, 7) is 7.00. The van der Waals surface area contributed by atoms with Crippen molar-refractivity contribution in [1.29, 1.82) is 0 Å². The predicted octanol–water partition coefficient (Wildman–Crippen LogP) is 6.77. The predicted molar refractivity (Wildman–Crippen MR) is 163 cm³/mol. The summed E-state index contributed by atoms with van der Waals surface area (Å²) in [6, 6.07) is 26.6. The Morgan fingerprint density at radius 3 is 2.22 bits per heavy atom. The number of unbranched alkanes of at least 4 members (excludes halogenated alkanes) is 1. The first-order valence-electron chi connectivity index (χ1n) is 13.4. The van der Waals surface area contributed by atoms with Crippen molar-refractivity contribution < 1.29 is 14.6 Å². The number of rotatable bonds is 11. The Bertz CT molecular complexity index is 1160. The van der Waals surface area contributed by atoms with Crippen molar-refractivity contribution in [3.05, 3.63) is 78.4 Å². The Balaban J connectivity index is 1.65. The van der Waals surface area contributed by atoms with Crippen LogP contribution >= 0.6 is 0 Å². The van der Waals surface area contributed by atoms with Gasteiger partial charge in [0.2, 0.25) is 0 Å². The molecule has 2 N–H and O–H groups in total. The number of aliphatic hydroxyl groups excluding tert-OH is 1. The van der Waals surface area contributed by atoms with Crippen LogP contribution in [0.3, 0.4) is 0 Å². The summed E-state index contributed by atoms with van der Waals surface area (Å²) >= 11 is -2.53. The number of nitrogens with one attached hydrogen (secondary N) is 1. The van der Waals surface area contributed by atoms with Crippen molar-refractivity contribution in [3.8, 4) is 11.1 Å². The average molecular weight is 624 g/mol. The molecule has 0 saturated carbocycles. The number of carbonyl (C=O) groups is 1. The summed E-state index contributed by atoms with van der Waals surface area (Å²) < 4.78 is 7.09. The number of anilines is 1. The quantitative estimate of drug-likeness (QED) is 0.183. The average Bonchev–Trinajstić information content (AvgIpc) is 2.84. The van der Waals surface area contributed by atoms with Crippen LogP contribution in [0.4, 0.5) is 10.5 Å². The molecule has 198 valence electrons. The van der Waals surface area contributed by atoms with Crippen LogP contribution < -0.4 is 14.1 Å². The van der Waals surface area contributed by atoms with Gasteiger partial charge in [0.05, 0.1) is 0 Å². The van der Waals surface area contributed by atoms with E-state index in [2.05, 4.69) is 87.8 Å². The van der Waals surface area contributed by atoms with Crippen LogP contribution in [-0.2, 0) is 11.2 Å². The molecule has 37 heavy (non-hydrogen) atoms. The molecular weight excluding hydrogens is 581 g/mol. The fraction of sp³-hybridized carbons (Fsp3) is 0.387.